The van der Waals surface area contributed by atoms with E-state index in [4.69, 9.17) is 9.97 Å². The van der Waals surface area contributed by atoms with Crippen LogP contribution in [-0.4, -0.2) is 39.6 Å². The van der Waals surface area contributed by atoms with Gasteiger partial charge in [-0.1, -0.05) is 0 Å². The van der Waals surface area contributed by atoms with Gasteiger partial charge in [-0.05, 0) is 56.1 Å². The lowest BCUT2D eigenvalue weighted by Crippen LogP contribution is -2.33. The van der Waals surface area contributed by atoms with Crippen molar-refractivity contribution in [1.82, 2.24) is 25.3 Å². The Bertz CT molecular complexity index is 774. The average molecular weight is 346 g/mol. The standard InChI is InChI=1S/C20H22N6/c1-4-15(11-21-7-1)12-24-19-10-18(16-5-2-8-22-13-16)25-20(26-19)17-6-3-9-23-14-17/h2-3,5-6,8-10,13-15,21H,1,4,7,11-12H2,(H,24,25,26). The van der Waals surface area contributed by atoms with Gasteiger partial charge < -0.3 is 10.6 Å². The van der Waals surface area contributed by atoms with Gasteiger partial charge in [0, 0.05) is 48.5 Å². The first-order chi connectivity index (χ1) is 12.9. The second kappa shape index (κ2) is 8.01. The molecular weight excluding hydrogens is 324 g/mol. The Morgan fingerprint density at radius 1 is 1.04 bits per heavy atom. The number of piperidine rings is 1. The molecule has 4 heterocycles. The van der Waals surface area contributed by atoms with E-state index in [1.54, 1.807) is 18.6 Å². The number of pyridine rings is 2. The molecule has 0 radical (unpaired) electrons. The Morgan fingerprint density at radius 2 is 1.85 bits per heavy atom. The van der Waals surface area contributed by atoms with Crippen molar-refractivity contribution in [1.29, 1.82) is 0 Å². The van der Waals surface area contributed by atoms with E-state index < -0.39 is 0 Å². The van der Waals surface area contributed by atoms with Gasteiger partial charge in [0.25, 0.3) is 0 Å². The fourth-order valence-electron chi connectivity index (χ4n) is 3.17. The molecule has 3 aromatic rings. The van der Waals surface area contributed by atoms with E-state index in [1.807, 2.05) is 36.5 Å². The molecule has 0 bridgehead atoms. The Labute approximate surface area is 153 Å². The van der Waals surface area contributed by atoms with E-state index >= 15 is 0 Å². The van der Waals surface area contributed by atoms with Crippen LogP contribution in [0.1, 0.15) is 12.8 Å². The lowest BCUT2D eigenvalue weighted by molar-refractivity contribution is 0.392. The van der Waals surface area contributed by atoms with E-state index in [1.165, 1.54) is 12.8 Å². The van der Waals surface area contributed by atoms with Gasteiger partial charge in [-0.25, -0.2) is 9.97 Å². The molecule has 26 heavy (non-hydrogen) atoms. The number of hydrogen-bond acceptors (Lipinski definition) is 6. The zero-order valence-electron chi connectivity index (χ0n) is 14.6. The predicted octanol–water partition coefficient (Wildman–Crippen LogP) is 3.01. The fraction of sp³-hybridized carbons (Fsp3) is 0.300. The molecular formula is C20H22N6. The number of hydrogen-bond donors (Lipinski definition) is 2. The summed E-state index contributed by atoms with van der Waals surface area (Å²) >= 11 is 0. The first-order valence-electron chi connectivity index (χ1n) is 9.03. The SMILES string of the molecule is c1cncc(-c2cc(NCC3CCCNC3)nc(-c3cccnc3)n2)c1. The maximum atomic E-state index is 4.73. The summed E-state index contributed by atoms with van der Waals surface area (Å²) in [6.45, 7) is 3.09. The minimum Gasteiger partial charge on any atom is -0.370 e. The summed E-state index contributed by atoms with van der Waals surface area (Å²) in [5.41, 5.74) is 2.74. The van der Waals surface area contributed by atoms with Crippen molar-refractivity contribution in [3.05, 3.63) is 55.1 Å². The molecule has 132 valence electrons. The Hall–Kier alpha value is -2.86. The van der Waals surface area contributed by atoms with Crippen molar-refractivity contribution in [2.75, 3.05) is 25.0 Å². The zero-order chi connectivity index (χ0) is 17.6. The predicted molar refractivity (Wildman–Crippen MR) is 103 cm³/mol. The molecule has 0 spiro atoms. The van der Waals surface area contributed by atoms with Gasteiger partial charge in [-0.2, -0.15) is 0 Å². The fourth-order valence-corrected chi connectivity index (χ4v) is 3.17. The minimum atomic E-state index is 0.627. The van der Waals surface area contributed by atoms with Crippen LogP contribution in [0.3, 0.4) is 0 Å². The number of aromatic nitrogens is 4. The quantitative estimate of drug-likeness (QED) is 0.740. The lowest BCUT2D eigenvalue weighted by Gasteiger charge is -2.23. The van der Waals surface area contributed by atoms with Gasteiger partial charge in [0.2, 0.25) is 0 Å². The summed E-state index contributed by atoms with van der Waals surface area (Å²) in [6, 6.07) is 9.80. The third kappa shape index (κ3) is 4.03. The maximum absolute atomic E-state index is 4.73. The molecule has 0 saturated carbocycles. The highest BCUT2D eigenvalue weighted by Crippen LogP contribution is 2.24. The molecule has 2 N–H and O–H groups in total. The zero-order valence-corrected chi connectivity index (χ0v) is 14.6. The maximum Gasteiger partial charge on any atom is 0.163 e. The van der Waals surface area contributed by atoms with E-state index in [-0.39, 0.29) is 0 Å². The monoisotopic (exact) mass is 346 g/mol. The topological polar surface area (TPSA) is 75.6 Å². The molecule has 1 aliphatic rings. The van der Waals surface area contributed by atoms with Crippen molar-refractivity contribution < 1.29 is 0 Å². The van der Waals surface area contributed by atoms with Crippen LogP contribution in [0.15, 0.2) is 55.1 Å². The molecule has 4 rings (SSSR count). The summed E-state index contributed by atoms with van der Waals surface area (Å²) in [7, 11) is 0. The third-order valence-electron chi connectivity index (χ3n) is 4.57. The minimum absolute atomic E-state index is 0.627. The largest absolute Gasteiger partial charge is 0.370 e. The normalized spacial score (nSPS) is 17.0. The molecule has 1 unspecified atom stereocenters. The van der Waals surface area contributed by atoms with E-state index in [9.17, 15) is 0 Å². The molecule has 0 amide bonds. The molecule has 0 aliphatic carbocycles. The second-order valence-corrected chi connectivity index (χ2v) is 6.54. The first-order valence-corrected chi connectivity index (χ1v) is 9.03. The van der Waals surface area contributed by atoms with Crippen molar-refractivity contribution in [2.24, 2.45) is 5.92 Å². The Kier molecular flexibility index (Phi) is 5.12. The lowest BCUT2D eigenvalue weighted by atomic mass is 10.00. The van der Waals surface area contributed by atoms with Crippen molar-refractivity contribution >= 4 is 5.82 Å². The third-order valence-corrected chi connectivity index (χ3v) is 4.57. The van der Waals surface area contributed by atoms with Crippen molar-refractivity contribution in [3.8, 4) is 22.6 Å². The first kappa shape index (κ1) is 16.6. The van der Waals surface area contributed by atoms with Gasteiger partial charge >= 0.3 is 0 Å². The van der Waals surface area contributed by atoms with Crippen LogP contribution in [-0.2, 0) is 0 Å². The van der Waals surface area contributed by atoms with Crippen LogP contribution < -0.4 is 10.6 Å². The van der Waals surface area contributed by atoms with Gasteiger partial charge in [0.05, 0.1) is 5.69 Å². The van der Waals surface area contributed by atoms with Crippen molar-refractivity contribution in [2.45, 2.75) is 12.8 Å². The number of anilines is 1. The molecule has 1 aliphatic heterocycles. The summed E-state index contributed by atoms with van der Waals surface area (Å²) in [4.78, 5) is 17.8. The Morgan fingerprint density at radius 3 is 2.54 bits per heavy atom. The summed E-state index contributed by atoms with van der Waals surface area (Å²) in [5.74, 6) is 2.13. The highest BCUT2D eigenvalue weighted by molar-refractivity contribution is 5.66. The van der Waals surface area contributed by atoms with Crippen LogP contribution in [0.4, 0.5) is 5.82 Å². The average Bonchev–Trinajstić information content (AvgIpc) is 2.74. The molecule has 1 atom stereocenters. The molecule has 6 heteroatoms. The summed E-state index contributed by atoms with van der Waals surface area (Å²) in [6.07, 6.45) is 9.61. The van der Waals surface area contributed by atoms with Gasteiger partial charge in [-0.3, -0.25) is 9.97 Å². The molecule has 6 nitrogen and oxygen atoms in total. The number of nitrogens with one attached hydrogen (secondary N) is 2. The summed E-state index contributed by atoms with van der Waals surface area (Å²) < 4.78 is 0. The van der Waals surface area contributed by atoms with Gasteiger partial charge in [-0.15, -0.1) is 0 Å². The number of nitrogens with zero attached hydrogens (tertiary/aromatic N) is 4. The van der Waals surface area contributed by atoms with E-state index in [0.717, 1.165) is 42.3 Å². The van der Waals surface area contributed by atoms with E-state index in [2.05, 4.69) is 20.6 Å². The molecule has 1 saturated heterocycles. The highest BCUT2D eigenvalue weighted by atomic mass is 15.0. The van der Waals surface area contributed by atoms with Crippen LogP contribution >= 0.6 is 0 Å². The Balaban J connectivity index is 1.64. The molecule has 3 aromatic heterocycles. The second-order valence-electron chi connectivity index (χ2n) is 6.54. The highest BCUT2D eigenvalue weighted by Gasteiger charge is 2.14. The van der Waals surface area contributed by atoms with Gasteiger partial charge in [0.15, 0.2) is 5.82 Å². The van der Waals surface area contributed by atoms with Crippen LogP contribution in [0.5, 0.6) is 0 Å². The summed E-state index contributed by atoms with van der Waals surface area (Å²) in [5, 5.41) is 6.96. The van der Waals surface area contributed by atoms with Gasteiger partial charge in [0.1, 0.15) is 5.82 Å². The van der Waals surface area contributed by atoms with Crippen LogP contribution in [0.2, 0.25) is 0 Å². The van der Waals surface area contributed by atoms with E-state index in [0.29, 0.717) is 11.7 Å². The van der Waals surface area contributed by atoms with Crippen LogP contribution in [0, 0.1) is 5.92 Å². The molecule has 1 fully saturated rings. The molecule has 0 aromatic carbocycles. The van der Waals surface area contributed by atoms with Crippen molar-refractivity contribution in [3.63, 3.8) is 0 Å². The smallest absolute Gasteiger partial charge is 0.163 e. The number of rotatable bonds is 5. The van der Waals surface area contributed by atoms with Crippen LogP contribution in [0.25, 0.3) is 22.6 Å².